The zero-order valence-electron chi connectivity index (χ0n) is 4.68. The molecule has 0 saturated heterocycles. The van der Waals surface area contributed by atoms with E-state index in [2.05, 4.69) is 5.32 Å². The zero-order chi connectivity index (χ0) is 5.82. The molecule has 0 saturated carbocycles. The summed E-state index contributed by atoms with van der Waals surface area (Å²) in [5.74, 6) is 0.138. The molecular formula is C6H9NO. The molecule has 1 aliphatic heterocycles. The highest BCUT2D eigenvalue weighted by molar-refractivity contribution is 5.77. The van der Waals surface area contributed by atoms with Gasteiger partial charge in [-0.05, 0) is 6.42 Å². The van der Waals surface area contributed by atoms with Crippen molar-refractivity contribution in [2.75, 3.05) is 6.54 Å². The van der Waals surface area contributed by atoms with Gasteiger partial charge in [0.1, 0.15) is 0 Å². The fraction of sp³-hybridized carbons (Fsp3) is 0.500. The molecule has 0 bridgehead atoms. The van der Waals surface area contributed by atoms with E-state index in [4.69, 9.17) is 0 Å². The first-order valence-electron chi connectivity index (χ1n) is 2.81. The fourth-order valence-corrected chi connectivity index (χ4v) is 0.675. The van der Waals surface area contributed by atoms with Crippen molar-refractivity contribution in [1.82, 2.24) is 5.32 Å². The third kappa shape index (κ3) is 1.37. The molecule has 0 atom stereocenters. The maximum Gasteiger partial charge on any atom is 0.223 e. The molecule has 0 aromatic heterocycles. The van der Waals surface area contributed by atoms with Crippen LogP contribution in [0.3, 0.4) is 0 Å². The van der Waals surface area contributed by atoms with Gasteiger partial charge in [-0.1, -0.05) is 12.2 Å². The molecule has 0 aromatic carbocycles. The fourth-order valence-electron chi connectivity index (χ4n) is 0.675. The Kier molecular flexibility index (Phi) is 1.67. The van der Waals surface area contributed by atoms with E-state index in [0.29, 0.717) is 6.42 Å². The highest BCUT2D eigenvalue weighted by atomic mass is 16.1. The molecule has 1 aliphatic rings. The van der Waals surface area contributed by atoms with Crippen LogP contribution in [0.25, 0.3) is 0 Å². The van der Waals surface area contributed by atoms with E-state index in [-0.39, 0.29) is 5.91 Å². The lowest BCUT2D eigenvalue weighted by molar-refractivity contribution is -0.120. The summed E-state index contributed by atoms with van der Waals surface area (Å²) in [5, 5.41) is 2.74. The van der Waals surface area contributed by atoms with Crippen molar-refractivity contribution < 1.29 is 4.79 Å². The second-order valence-electron chi connectivity index (χ2n) is 1.81. The number of carbonyl (C=O) groups is 1. The summed E-state index contributed by atoms with van der Waals surface area (Å²) in [7, 11) is 0. The molecular weight excluding hydrogens is 102 g/mol. The molecule has 0 fully saturated rings. The van der Waals surface area contributed by atoms with E-state index in [0.717, 1.165) is 13.0 Å². The van der Waals surface area contributed by atoms with E-state index >= 15 is 0 Å². The average molecular weight is 111 g/mol. The Morgan fingerprint density at radius 1 is 1.50 bits per heavy atom. The number of amides is 1. The van der Waals surface area contributed by atoms with E-state index < -0.39 is 0 Å². The van der Waals surface area contributed by atoms with Crippen molar-refractivity contribution in [2.24, 2.45) is 0 Å². The van der Waals surface area contributed by atoms with Gasteiger partial charge in [-0.2, -0.15) is 0 Å². The van der Waals surface area contributed by atoms with E-state index in [9.17, 15) is 4.79 Å². The maximum absolute atomic E-state index is 10.5. The SMILES string of the molecule is O=C1CC=CCCN1. The van der Waals surface area contributed by atoms with E-state index in [1.807, 2.05) is 12.2 Å². The third-order valence-corrected chi connectivity index (χ3v) is 1.10. The van der Waals surface area contributed by atoms with Crippen LogP contribution in [0.4, 0.5) is 0 Å². The van der Waals surface area contributed by atoms with Crippen molar-refractivity contribution in [2.45, 2.75) is 12.8 Å². The minimum absolute atomic E-state index is 0.138. The molecule has 0 aromatic rings. The quantitative estimate of drug-likeness (QED) is 0.452. The summed E-state index contributed by atoms with van der Waals surface area (Å²) in [6.45, 7) is 0.801. The number of carbonyl (C=O) groups excluding carboxylic acids is 1. The molecule has 0 radical (unpaired) electrons. The van der Waals surface area contributed by atoms with Crippen molar-refractivity contribution in [3.8, 4) is 0 Å². The minimum Gasteiger partial charge on any atom is -0.356 e. The van der Waals surface area contributed by atoms with Gasteiger partial charge in [0, 0.05) is 13.0 Å². The third-order valence-electron chi connectivity index (χ3n) is 1.10. The first-order valence-corrected chi connectivity index (χ1v) is 2.81. The smallest absolute Gasteiger partial charge is 0.223 e. The van der Waals surface area contributed by atoms with Crippen LogP contribution in [0, 0.1) is 0 Å². The Bertz CT molecular complexity index is 118. The van der Waals surface area contributed by atoms with Gasteiger partial charge in [-0.3, -0.25) is 4.79 Å². The Labute approximate surface area is 48.6 Å². The predicted octanol–water partition coefficient (Wildman–Crippen LogP) is 0.453. The lowest BCUT2D eigenvalue weighted by Crippen LogP contribution is -2.21. The van der Waals surface area contributed by atoms with Crippen molar-refractivity contribution >= 4 is 5.91 Å². The van der Waals surface area contributed by atoms with Gasteiger partial charge >= 0.3 is 0 Å². The molecule has 1 heterocycles. The van der Waals surface area contributed by atoms with Crippen molar-refractivity contribution in [1.29, 1.82) is 0 Å². The van der Waals surface area contributed by atoms with Crippen LogP contribution in [0.2, 0.25) is 0 Å². The molecule has 1 amide bonds. The molecule has 0 unspecified atom stereocenters. The van der Waals surface area contributed by atoms with Crippen molar-refractivity contribution in [3.05, 3.63) is 12.2 Å². The summed E-state index contributed by atoms with van der Waals surface area (Å²) in [6, 6.07) is 0. The number of hydrogen-bond donors (Lipinski definition) is 1. The Balaban J connectivity index is 2.41. The Hall–Kier alpha value is -0.790. The largest absolute Gasteiger partial charge is 0.356 e. The Morgan fingerprint density at radius 2 is 2.38 bits per heavy atom. The van der Waals surface area contributed by atoms with E-state index in [1.54, 1.807) is 0 Å². The number of rotatable bonds is 0. The first kappa shape index (κ1) is 5.35. The number of hydrogen-bond acceptors (Lipinski definition) is 1. The molecule has 1 N–H and O–H groups in total. The topological polar surface area (TPSA) is 29.1 Å². The van der Waals surface area contributed by atoms with Crippen LogP contribution in [-0.4, -0.2) is 12.5 Å². The summed E-state index contributed by atoms with van der Waals surface area (Å²) >= 11 is 0. The van der Waals surface area contributed by atoms with Gasteiger partial charge in [0.25, 0.3) is 0 Å². The molecule has 44 valence electrons. The second kappa shape index (κ2) is 2.50. The van der Waals surface area contributed by atoms with Gasteiger partial charge in [-0.15, -0.1) is 0 Å². The van der Waals surface area contributed by atoms with Crippen LogP contribution in [0.15, 0.2) is 12.2 Å². The zero-order valence-corrected chi connectivity index (χ0v) is 4.68. The minimum atomic E-state index is 0.138. The van der Waals surface area contributed by atoms with Gasteiger partial charge in [-0.25, -0.2) is 0 Å². The molecule has 2 heteroatoms. The maximum atomic E-state index is 10.5. The summed E-state index contributed by atoms with van der Waals surface area (Å²) in [5.41, 5.74) is 0. The molecule has 1 rings (SSSR count). The normalized spacial score (nSPS) is 19.8. The lowest BCUT2D eigenvalue weighted by atomic mass is 10.3. The molecule has 0 aliphatic carbocycles. The van der Waals surface area contributed by atoms with Crippen LogP contribution >= 0.6 is 0 Å². The highest BCUT2D eigenvalue weighted by Crippen LogP contribution is 1.91. The van der Waals surface area contributed by atoms with Crippen molar-refractivity contribution in [3.63, 3.8) is 0 Å². The first-order chi connectivity index (χ1) is 3.89. The van der Waals surface area contributed by atoms with Crippen LogP contribution < -0.4 is 5.32 Å². The average Bonchev–Trinajstić information content (AvgIpc) is 1.94. The highest BCUT2D eigenvalue weighted by Gasteiger charge is 1.97. The lowest BCUT2D eigenvalue weighted by Gasteiger charge is -1.94. The van der Waals surface area contributed by atoms with Crippen LogP contribution in [0.1, 0.15) is 12.8 Å². The predicted molar refractivity (Wildman–Crippen MR) is 31.4 cm³/mol. The Morgan fingerprint density at radius 3 is 3.25 bits per heavy atom. The standard InChI is InChI=1S/C6H9NO/c8-6-4-2-1-3-5-7-6/h1-2H,3-5H2,(H,7,8). The summed E-state index contributed by atoms with van der Waals surface area (Å²) in [4.78, 5) is 10.5. The summed E-state index contributed by atoms with van der Waals surface area (Å²) in [6.07, 6.45) is 5.46. The van der Waals surface area contributed by atoms with Crippen LogP contribution in [-0.2, 0) is 4.79 Å². The van der Waals surface area contributed by atoms with Crippen LogP contribution in [0.5, 0.6) is 0 Å². The van der Waals surface area contributed by atoms with Gasteiger partial charge in [0.2, 0.25) is 5.91 Å². The monoisotopic (exact) mass is 111 g/mol. The van der Waals surface area contributed by atoms with Gasteiger partial charge in [0.05, 0.1) is 0 Å². The van der Waals surface area contributed by atoms with E-state index in [1.165, 1.54) is 0 Å². The molecule has 2 nitrogen and oxygen atoms in total. The van der Waals surface area contributed by atoms with Gasteiger partial charge in [0.15, 0.2) is 0 Å². The second-order valence-corrected chi connectivity index (χ2v) is 1.81. The molecule has 8 heavy (non-hydrogen) atoms. The van der Waals surface area contributed by atoms with Gasteiger partial charge < -0.3 is 5.32 Å². The summed E-state index contributed by atoms with van der Waals surface area (Å²) < 4.78 is 0. The number of nitrogens with one attached hydrogen (secondary N) is 1. The molecule has 0 spiro atoms.